The first-order chi connectivity index (χ1) is 14.8. The van der Waals surface area contributed by atoms with Gasteiger partial charge < -0.3 is 9.47 Å². The van der Waals surface area contributed by atoms with Crippen LogP contribution in [0.1, 0.15) is 73.3 Å². The monoisotopic (exact) mass is 417 g/mol. The first-order valence-corrected chi connectivity index (χ1v) is 11.6. The molecule has 4 heteroatoms. The standard InChI is InChI=1S/C27H35N3O/c1-7-22-14-19(4)15-23(16-22)27(10-8-9-11-27)17-24-28-26(31)20(5)25-21(6)29(18(2)3)12-13-30(24)25/h7,14-16,18H,1,6,8-13,17H2,2-5H3. The van der Waals surface area contributed by atoms with Crippen molar-refractivity contribution < 1.29 is 0 Å². The van der Waals surface area contributed by atoms with Crippen molar-refractivity contribution in [1.82, 2.24) is 14.5 Å². The molecule has 1 aliphatic carbocycles. The van der Waals surface area contributed by atoms with Crippen molar-refractivity contribution in [2.75, 3.05) is 6.54 Å². The van der Waals surface area contributed by atoms with E-state index in [1.165, 1.54) is 29.5 Å². The third-order valence-corrected chi connectivity index (χ3v) is 7.30. The van der Waals surface area contributed by atoms with Crippen LogP contribution in [0.2, 0.25) is 0 Å². The van der Waals surface area contributed by atoms with E-state index in [0.717, 1.165) is 49.6 Å². The molecule has 0 atom stereocenters. The topological polar surface area (TPSA) is 38.1 Å². The molecule has 0 bridgehead atoms. The molecule has 2 heterocycles. The molecule has 1 aromatic heterocycles. The lowest BCUT2D eigenvalue weighted by Gasteiger charge is -2.39. The van der Waals surface area contributed by atoms with Gasteiger partial charge in [-0.25, -0.2) is 0 Å². The molecule has 0 spiro atoms. The first-order valence-electron chi connectivity index (χ1n) is 11.6. The highest BCUT2D eigenvalue weighted by molar-refractivity contribution is 5.63. The maximum atomic E-state index is 12.9. The summed E-state index contributed by atoms with van der Waals surface area (Å²) in [6.45, 7) is 18.5. The molecule has 0 unspecified atom stereocenters. The van der Waals surface area contributed by atoms with Gasteiger partial charge in [0.15, 0.2) is 0 Å². The van der Waals surface area contributed by atoms with Crippen molar-refractivity contribution >= 4 is 11.8 Å². The minimum absolute atomic E-state index is 0.0236. The van der Waals surface area contributed by atoms with Gasteiger partial charge in [-0.1, -0.05) is 55.8 Å². The molecule has 2 aliphatic rings. The van der Waals surface area contributed by atoms with Crippen LogP contribution in [0.4, 0.5) is 0 Å². The van der Waals surface area contributed by atoms with Crippen molar-refractivity contribution in [2.45, 2.75) is 77.8 Å². The Hall–Kier alpha value is -2.62. The Bertz CT molecular complexity index is 1090. The van der Waals surface area contributed by atoms with Gasteiger partial charge in [-0.15, -0.1) is 0 Å². The lowest BCUT2D eigenvalue weighted by Crippen LogP contribution is -2.41. The fourth-order valence-corrected chi connectivity index (χ4v) is 5.65. The van der Waals surface area contributed by atoms with Crippen LogP contribution in [0, 0.1) is 13.8 Å². The number of fused-ring (bicyclic) bond motifs is 1. The zero-order chi connectivity index (χ0) is 22.3. The molecule has 0 N–H and O–H groups in total. The average Bonchev–Trinajstić information content (AvgIpc) is 3.20. The molecule has 1 aliphatic heterocycles. The molecule has 2 aromatic rings. The van der Waals surface area contributed by atoms with E-state index >= 15 is 0 Å². The number of hydrogen-bond acceptors (Lipinski definition) is 3. The molecule has 164 valence electrons. The van der Waals surface area contributed by atoms with E-state index < -0.39 is 0 Å². The maximum absolute atomic E-state index is 12.9. The van der Waals surface area contributed by atoms with Crippen molar-refractivity contribution in [3.8, 4) is 0 Å². The largest absolute Gasteiger partial charge is 0.366 e. The van der Waals surface area contributed by atoms with Crippen LogP contribution in [0.5, 0.6) is 0 Å². The van der Waals surface area contributed by atoms with Gasteiger partial charge in [0.05, 0.1) is 11.4 Å². The predicted molar refractivity (Wildman–Crippen MR) is 129 cm³/mol. The Morgan fingerprint density at radius 3 is 2.52 bits per heavy atom. The summed E-state index contributed by atoms with van der Waals surface area (Å²) < 4.78 is 2.28. The Balaban J connectivity index is 1.83. The highest BCUT2D eigenvalue weighted by atomic mass is 16.1. The highest BCUT2D eigenvalue weighted by Crippen LogP contribution is 2.44. The molecule has 1 fully saturated rings. The molecule has 0 radical (unpaired) electrons. The molecule has 0 amide bonds. The van der Waals surface area contributed by atoms with Gasteiger partial charge in [0.1, 0.15) is 5.82 Å². The van der Waals surface area contributed by atoms with Crippen molar-refractivity contribution in [2.24, 2.45) is 0 Å². The molecule has 4 rings (SSSR count). The fraction of sp³-hybridized carbons (Fsp3) is 0.481. The molecular formula is C27H35N3O. The summed E-state index contributed by atoms with van der Waals surface area (Å²) in [4.78, 5) is 19.8. The summed E-state index contributed by atoms with van der Waals surface area (Å²) in [5.41, 5.74) is 6.33. The summed E-state index contributed by atoms with van der Waals surface area (Å²) in [6.07, 6.45) is 7.42. The van der Waals surface area contributed by atoms with Crippen LogP contribution in [-0.4, -0.2) is 27.0 Å². The number of aryl methyl sites for hydroxylation is 1. The predicted octanol–water partition coefficient (Wildman–Crippen LogP) is 5.25. The smallest absolute Gasteiger partial charge is 0.276 e. The third-order valence-electron chi connectivity index (χ3n) is 7.30. The van der Waals surface area contributed by atoms with Gasteiger partial charge in [0.25, 0.3) is 5.56 Å². The van der Waals surface area contributed by atoms with Gasteiger partial charge in [-0.3, -0.25) is 4.79 Å². The molecular weight excluding hydrogens is 382 g/mol. The van der Waals surface area contributed by atoms with E-state index in [9.17, 15) is 4.79 Å². The van der Waals surface area contributed by atoms with E-state index in [-0.39, 0.29) is 11.0 Å². The van der Waals surface area contributed by atoms with Crippen LogP contribution in [0.3, 0.4) is 0 Å². The second-order valence-electron chi connectivity index (χ2n) is 9.69. The number of benzene rings is 1. The van der Waals surface area contributed by atoms with Crippen LogP contribution < -0.4 is 5.56 Å². The Morgan fingerprint density at radius 1 is 1.16 bits per heavy atom. The maximum Gasteiger partial charge on any atom is 0.276 e. The second kappa shape index (κ2) is 8.14. The van der Waals surface area contributed by atoms with E-state index in [0.29, 0.717) is 11.6 Å². The molecule has 31 heavy (non-hydrogen) atoms. The van der Waals surface area contributed by atoms with Crippen molar-refractivity contribution in [3.05, 3.63) is 75.5 Å². The second-order valence-corrected chi connectivity index (χ2v) is 9.69. The molecule has 0 saturated heterocycles. The number of rotatable bonds is 5. The quantitative estimate of drug-likeness (QED) is 0.667. The summed E-state index contributed by atoms with van der Waals surface area (Å²) >= 11 is 0. The van der Waals surface area contributed by atoms with E-state index in [1.54, 1.807) is 0 Å². The Kier molecular flexibility index (Phi) is 5.67. The van der Waals surface area contributed by atoms with E-state index in [1.807, 2.05) is 13.0 Å². The molecule has 1 saturated carbocycles. The van der Waals surface area contributed by atoms with Gasteiger partial charge >= 0.3 is 0 Å². The van der Waals surface area contributed by atoms with Gasteiger partial charge in [0.2, 0.25) is 0 Å². The molecule has 1 aromatic carbocycles. The summed E-state index contributed by atoms with van der Waals surface area (Å²) in [7, 11) is 0. The summed E-state index contributed by atoms with van der Waals surface area (Å²) in [5, 5.41) is 0. The van der Waals surface area contributed by atoms with Crippen LogP contribution in [0.25, 0.3) is 11.8 Å². The zero-order valence-electron chi connectivity index (χ0n) is 19.5. The van der Waals surface area contributed by atoms with Crippen LogP contribution >= 0.6 is 0 Å². The minimum atomic E-state index is -0.114. The summed E-state index contributed by atoms with van der Waals surface area (Å²) in [5.74, 6) is 0.915. The van der Waals surface area contributed by atoms with E-state index in [2.05, 4.69) is 66.6 Å². The van der Waals surface area contributed by atoms with Gasteiger partial charge in [-0.05, 0) is 51.7 Å². The lowest BCUT2D eigenvalue weighted by molar-refractivity contribution is 0.287. The first kappa shape index (κ1) is 21.6. The Morgan fingerprint density at radius 2 is 1.87 bits per heavy atom. The highest BCUT2D eigenvalue weighted by Gasteiger charge is 2.38. The lowest BCUT2D eigenvalue weighted by atomic mass is 9.74. The van der Waals surface area contributed by atoms with Crippen molar-refractivity contribution in [3.63, 3.8) is 0 Å². The molecule has 4 nitrogen and oxygen atoms in total. The number of aromatic nitrogens is 2. The SMILES string of the molecule is C=Cc1cc(C)cc(C2(Cc3nc(=O)c(C)c4n3CCN(C(C)C)C4=C)CCCC2)c1. The summed E-state index contributed by atoms with van der Waals surface area (Å²) in [6, 6.07) is 7.15. The minimum Gasteiger partial charge on any atom is -0.366 e. The fourth-order valence-electron chi connectivity index (χ4n) is 5.65. The average molecular weight is 418 g/mol. The van der Waals surface area contributed by atoms with Gasteiger partial charge in [0, 0.05) is 36.5 Å². The van der Waals surface area contributed by atoms with Crippen LogP contribution in [-0.2, 0) is 18.4 Å². The van der Waals surface area contributed by atoms with Crippen LogP contribution in [0.15, 0.2) is 36.2 Å². The third kappa shape index (κ3) is 3.77. The van der Waals surface area contributed by atoms with Gasteiger partial charge in [-0.2, -0.15) is 4.98 Å². The Labute approximate surface area is 186 Å². The van der Waals surface area contributed by atoms with Crippen molar-refractivity contribution in [1.29, 1.82) is 0 Å². The van der Waals surface area contributed by atoms with E-state index in [4.69, 9.17) is 0 Å². The normalized spacial score (nSPS) is 17.8. The number of hydrogen-bond donors (Lipinski definition) is 0. The number of nitrogens with zero attached hydrogens (tertiary/aromatic N) is 3. The zero-order valence-corrected chi connectivity index (χ0v) is 19.5.